The summed E-state index contributed by atoms with van der Waals surface area (Å²) >= 11 is 0. The van der Waals surface area contributed by atoms with Crippen molar-refractivity contribution in [2.75, 3.05) is 6.54 Å². The number of carbonyl (C=O) groups is 3. The van der Waals surface area contributed by atoms with Gasteiger partial charge in [-0.15, -0.1) is 0 Å². The first-order valence-corrected chi connectivity index (χ1v) is 6.85. The van der Waals surface area contributed by atoms with Crippen LogP contribution in [0.25, 0.3) is 0 Å². The van der Waals surface area contributed by atoms with Gasteiger partial charge in [-0.05, 0) is 11.5 Å². The van der Waals surface area contributed by atoms with Crippen LogP contribution in [0.2, 0.25) is 0 Å². The van der Waals surface area contributed by atoms with Crippen molar-refractivity contribution in [1.82, 2.24) is 10.6 Å². The summed E-state index contributed by atoms with van der Waals surface area (Å²) in [5.74, 6) is -2.23. The van der Waals surface area contributed by atoms with E-state index in [4.69, 9.17) is 4.74 Å². The van der Waals surface area contributed by atoms with Crippen molar-refractivity contribution >= 4 is 18.0 Å². The zero-order valence-corrected chi connectivity index (χ0v) is 12.5. The van der Waals surface area contributed by atoms with Gasteiger partial charge in [0.15, 0.2) is 0 Å². The number of carboxylic acids is 1. The lowest BCUT2D eigenvalue weighted by Crippen LogP contribution is -2.51. The summed E-state index contributed by atoms with van der Waals surface area (Å²) in [6.45, 7) is 2.92. The minimum absolute atomic E-state index is 0.0815. The molecule has 120 valence electrons. The zero-order valence-electron chi connectivity index (χ0n) is 12.5. The number of alkyl carbamates (subject to hydrolysis) is 1. The van der Waals surface area contributed by atoms with Crippen LogP contribution in [0.1, 0.15) is 19.4 Å². The molecule has 0 heterocycles. The number of amides is 2. The highest BCUT2D eigenvalue weighted by atomic mass is 16.5. The molecule has 1 rings (SSSR count). The number of hydrogen-bond acceptors (Lipinski definition) is 5. The van der Waals surface area contributed by atoms with Gasteiger partial charge in [-0.25, -0.2) is 4.79 Å². The number of aliphatic carboxylic acids is 1. The van der Waals surface area contributed by atoms with Gasteiger partial charge in [-0.3, -0.25) is 4.79 Å². The molecule has 0 radical (unpaired) electrons. The lowest BCUT2D eigenvalue weighted by Gasteiger charge is -2.21. The van der Waals surface area contributed by atoms with Gasteiger partial charge in [0.05, 0.1) is 12.5 Å². The first kappa shape index (κ1) is 17.5. The van der Waals surface area contributed by atoms with Crippen molar-refractivity contribution in [3.8, 4) is 0 Å². The Balaban J connectivity index is 2.50. The van der Waals surface area contributed by atoms with Crippen LogP contribution in [0.15, 0.2) is 30.3 Å². The molecular formula is C15H19N2O5-. The van der Waals surface area contributed by atoms with Gasteiger partial charge in [0.2, 0.25) is 5.91 Å². The molecule has 0 aromatic heterocycles. The second-order valence-corrected chi connectivity index (χ2v) is 5.02. The molecule has 0 bridgehead atoms. The predicted molar refractivity (Wildman–Crippen MR) is 76.4 cm³/mol. The summed E-state index contributed by atoms with van der Waals surface area (Å²) in [6, 6.07) is 8.21. The fourth-order valence-electron chi connectivity index (χ4n) is 1.70. The van der Waals surface area contributed by atoms with Gasteiger partial charge in [0.25, 0.3) is 0 Å². The molecule has 0 spiro atoms. The average molecular weight is 307 g/mol. The normalized spacial score (nSPS) is 11.6. The lowest BCUT2D eigenvalue weighted by atomic mass is 10.0. The van der Waals surface area contributed by atoms with E-state index in [9.17, 15) is 19.5 Å². The molecule has 1 aromatic carbocycles. The third-order valence-electron chi connectivity index (χ3n) is 2.84. The Kier molecular flexibility index (Phi) is 6.88. The molecule has 0 aliphatic rings. The molecule has 0 fully saturated rings. The van der Waals surface area contributed by atoms with Gasteiger partial charge >= 0.3 is 6.09 Å². The molecule has 1 aromatic rings. The lowest BCUT2D eigenvalue weighted by molar-refractivity contribution is -0.304. The number of nitrogens with one attached hydrogen (secondary N) is 2. The van der Waals surface area contributed by atoms with E-state index in [0.29, 0.717) is 0 Å². The summed E-state index contributed by atoms with van der Waals surface area (Å²) < 4.78 is 5.03. The molecule has 0 aliphatic carbocycles. The van der Waals surface area contributed by atoms with Crippen LogP contribution in [0.5, 0.6) is 0 Å². The quantitative estimate of drug-likeness (QED) is 0.725. The van der Waals surface area contributed by atoms with Gasteiger partial charge in [0, 0.05) is 0 Å². The van der Waals surface area contributed by atoms with E-state index in [-0.39, 0.29) is 12.5 Å². The van der Waals surface area contributed by atoms with E-state index in [1.807, 2.05) is 18.2 Å². The summed E-state index contributed by atoms with van der Waals surface area (Å²) in [6.07, 6.45) is -0.744. The second-order valence-electron chi connectivity index (χ2n) is 5.02. The molecule has 7 nitrogen and oxygen atoms in total. The van der Waals surface area contributed by atoms with Gasteiger partial charge < -0.3 is 25.3 Å². The van der Waals surface area contributed by atoms with E-state index in [1.165, 1.54) is 0 Å². The number of hydrogen-bond donors (Lipinski definition) is 2. The van der Waals surface area contributed by atoms with Crippen molar-refractivity contribution in [3.05, 3.63) is 35.9 Å². The number of ether oxygens (including phenoxy) is 1. The number of carboxylic acid groups (broad SMARTS) is 1. The Hall–Kier alpha value is -2.57. The Morgan fingerprint density at radius 1 is 1.18 bits per heavy atom. The van der Waals surface area contributed by atoms with E-state index >= 15 is 0 Å². The van der Waals surface area contributed by atoms with Crippen LogP contribution in [0, 0.1) is 5.92 Å². The molecular weight excluding hydrogens is 288 g/mol. The van der Waals surface area contributed by atoms with Crippen molar-refractivity contribution in [3.63, 3.8) is 0 Å². The number of rotatable bonds is 7. The average Bonchev–Trinajstić information content (AvgIpc) is 2.49. The van der Waals surface area contributed by atoms with Gasteiger partial charge in [0.1, 0.15) is 12.6 Å². The molecule has 7 heteroatoms. The maximum atomic E-state index is 11.8. The highest BCUT2D eigenvalue weighted by Gasteiger charge is 2.24. The van der Waals surface area contributed by atoms with Crippen LogP contribution in [0.4, 0.5) is 4.79 Å². The van der Waals surface area contributed by atoms with Crippen molar-refractivity contribution in [2.45, 2.75) is 26.5 Å². The maximum absolute atomic E-state index is 11.8. The standard InChI is InChI=1S/C15H20N2O5/c1-10(2)13(14(20)16-8-12(18)19)17-15(21)22-9-11-6-4-3-5-7-11/h3-7,10,13H,8-9H2,1-2H3,(H,16,20)(H,17,21)(H,18,19)/p-1/t13-/m1/s1. The molecule has 1 atom stereocenters. The Bertz CT molecular complexity index is 516. The molecule has 0 saturated carbocycles. The Labute approximate surface area is 128 Å². The van der Waals surface area contributed by atoms with E-state index in [1.54, 1.807) is 26.0 Å². The van der Waals surface area contributed by atoms with E-state index in [0.717, 1.165) is 5.56 Å². The summed E-state index contributed by atoms with van der Waals surface area (Å²) in [5.41, 5.74) is 0.820. The summed E-state index contributed by atoms with van der Waals surface area (Å²) in [5, 5.41) is 14.9. The van der Waals surface area contributed by atoms with Crippen molar-refractivity contribution in [1.29, 1.82) is 0 Å². The van der Waals surface area contributed by atoms with E-state index < -0.39 is 30.6 Å². The van der Waals surface area contributed by atoms with Crippen LogP contribution in [0.3, 0.4) is 0 Å². The fourth-order valence-corrected chi connectivity index (χ4v) is 1.70. The molecule has 0 aliphatic heterocycles. The molecule has 0 saturated heterocycles. The first-order chi connectivity index (χ1) is 10.4. The molecule has 22 heavy (non-hydrogen) atoms. The van der Waals surface area contributed by atoms with Crippen LogP contribution < -0.4 is 15.7 Å². The predicted octanol–water partition coefficient (Wildman–Crippen LogP) is -0.196. The summed E-state index contributed by atoms with van der Waals surface area (Å²) in [7, 11) is 0. The monoisotopic (exact) mass is 307 g/mol. The van der Waals surface area contributed by atoms with E-state index in [2.05, 4.69) is 10.6 Å². The van der Waals surface area contributed by atoms with Crippen LogP contribution in [-0.2, 0) is 20.9 Å². The van der Waals surface area contributed by atoms with Crippen LogP contribution >= 0.6 is 0 Å². The van der Waals surface area contributed by atoms with Gasteiger partial charge in [-0.1, -0.05) is 44.2 Å². The highest BCUT2D eigenvalue weighted by Crippen LogP contribution is 2.04. The van der Waals surface area contributed by atoms with Gasteiger partial charge in [-0.2, -0.15) is 0 Å². The maximum Gasteiger partial charge on any atom is 0.408 e. The molecule has 2 amide bonds. The van der Waals surface area contributed by atoms with Crippen molar-refractivity contribution in [2.24, 2.45) is 5.92 Å². The fraction of sp³-hybridized carbons (Fsp3) is 0.400. The van der Waals surface area contributed by atoms with Crippen molar-refractivity contribution < 1.29 is 24.2 Å². The largest absolute Gasteiger partial charge is 0.548 e. The molecule has 2 N–H and O–H groups in total. The smallest absolute Gasteiger partial charge is 0.408 e. The first-order valence-electron chi connectivity index (χ1n) is 6.85. The minimum atomic E-state index is -1.40. The number of carbonyl (C=O) groups excluding carboxylic acids is 3. The second kappa shape index (κ2) is 8.66. The van der Waals surface area contributed by atoms with Crippen LogP contribution in [-0.4, -0.2) is 30.6 Å². The Morgan fingerprint density at radius 2 is 1.82 bits per heavy atom. The SMILES string of the molecule is CC(C)[C@@H](NC(=O)OCc1ccccc1)C(=O)NCC(=O)[O-]. The Morgan fingerprint density at radius 3 is 2.36 bits per heavy atom. The summed E-state index contributed by atoms with van der Waals surface area (Å²) in [4.78, 5) is 33.9. The topological polar surface area (TPSA) is 108 Å². The highest BCUT2D eigenvalue weighted by molar-refractivity contribution is 5.87. The minimum Gasteiger partial charge on any atom is -0.548 e. The number of benzene rings is 1. The zero-order chi connectivity index (χ0) is 16.5. The third-order valence-corrected chi connectivity index (χ3v) is 2.84. The third kappa shape index (κ3) is 6.25. The molecule has 0 unspecified atom stereocenters.